The number of aryl methyl sites for hydroxylation is 1. The molecule has 0 bridgehead atoms. The summed E-state index contributed by atoms with van der Waals surface area (Å²) in [7, 11) is -3.53. The van der Waals surface area contributed by atoms with Gasteiger partial charge in [0.15, 0.2) is 0 Å². The van der Waals surface area contributed by atoms with Gasteiger partial charge in [-0.3, -0.25) is 4.79 Å². The monoisotopic (exact) mass is 312 g/mol. The number of carbonyl (C=O) groups excluding carboxylic acids is 1. The molecule has 118 valence electrons. The molecular weight excluding hydrogens is 288 g/mol. The highest BCUT2D eigenvalue weighted by Crippen LogP contribution is 2.14. The molecule has 6 heteroatoms. The Morgan fingerprint density at radius 3 is 2.48 bits per heavy atom. The fraction of sp³-hybridized carbons (Fsp3) is 0.533. The van der Waals surface area contributed by atoms with E-state index in [-0.39, 0.29) is 18.8 Å². The smallest absolute Gasteiger partial charge is 0.232 e. The SMILES string of the molecule is CCCCc1cccc(CS(=O)(=O)N(CC)CC(N)=O)c1. The van der Waals surface area contributed by atoms with Crippen LogP contribution in [0.5, 0.6) is 0 Å². The molecule has 0 aliphatic carbocycles. The average Bonchev–Trinajstić information content (AvgIpc) is 2.42. The van der Waals surface area contributed by atoms with Crippen LogP contribution in [0.3, 0.4) is 0 Å². The summed E-state index contributed by atoms with van der Waals surface area (Å²) >= 11 is 0. The molecule has 0 atom stereocenters. The third-order valence-corrected chi connectivity index (χ3v) is 5.11. The number of benzene rings is 1. The first-order valence-electron chi connectivity index (χ1n) is 7.23. The first-order chi connectivity index (χ1) is 9.89. The van der Waals surface area contributed by atoms with Crippen molar-refractivity contribution in [3.8, 4) is 0 Å². The van der Waals surface area contributed by atoms with Gasteiger partial charge < -0.3 is 5.73 Å². The van der Waals surface area contributed by atoms with Crippen molar-refractivity contribution in [3.63, 3.8) is 0 Å². The number of unbranched alkanes of at least 4 members (excludes halogenated alkanes) is 1. The van der Waals surface area contributed by atoms with E-state index in [1.54, 1.807) is 13.0 Å². The number of hydrogen-bond donors (Lipinski definition) is 1. The van der Waals surface area contributed by atoms with Crippen LogP contribution in [0.4, 0.5) is 0 Å². The van der Waals surface area contributed by atoms with Gasteiger partial charge in [0.2, 0.25) is 15.9 Å². The van der Waals surface area contributed by atoms with E-state index in [2.05, 4.69) is 6.92 Å². The summed E-state index contributed by atoms with van der Waals surface area (Å²) in [5.74, 6) is -0.745. The van der Waals surface area contributed by atoms with Gasteiger partial charge in [-0.15, -0.1) is 0 Å². The number of nitrogens with two attached hydrogens (primary N) is 1. The van der Waals surface area contributed by atoms with Gasteiger partial charge in [0.1, 0.15) is 0 Å². The number of primary amides is 1. The summed E-state index contributed by atoms with van der Waals surface area (Å²) in [5.41, 5.74) is 6.98. The number of hydrogen-bond acceptors (Lipinski definition) is 3. The molecular formula is C15H24N2O3S. The summed E-state index contributed by atoms with van der Waals surface area (Å²) in [6, 6.07) is 7.60. The molecule has 1 aromatic rings. The molecule has 0 heterocycles. The van der Waals surface area contributed by atoms with E-state index in [1.807, 2.05) is 18.2 Å². The molecule has 5 nitrogen and oxygen atoms in total. The number of amides is 1. The molecule has 0 fully saturated rings. The highest BCUT2D eigenvalue weighted by atomic mass is 32.2. The van der Waals surface area contributed by atoms with Crippen molar-refractivity contribution in [2.45, 2.75) is 38.9 Å². The topological polar surface area (TPSA) is 80.5 Å². The predicted molar refractivity (Wildman–Crippen MR) is 84.1 cm³/mol. The molecule has 1 amide bonds. The minimum atomic E-state index is -3.53. The van der Waals surface area contributed by atoms with Crippen LogP contribution in [0.25, 0.3) is 0 Å². The zero-order valence-electron chi connectivity index (χ0n) is 12.7. The van der Waals surface area contributed by atoms with Crippen molar-refractivity contribution < 1.29 is 13.2 Å². The molecule has 0 aromatic heterocycles. The van der Waals surface area contributed by atoms with Crippen LogP contribution < -0.4 is 5.73 Å². The Labute approximate surface area is 127 Å². The van der Waals surface area contributed by atoms with Gasteiger partial charge in [-0.2, -0.15) is 4.31 Å². The number of rotatable bonds is 9. The Balaban J connectivity index is 2.85. The number of likely N-dealkylation sites (N-methyl/N-ethyl adjacent to an activating group) is 1. The lowest BCUT2D eigenvalue weighted by Gasteiger charge is -2.19. The second-order valence-corrected chi connectivity index (χ2v) is 7.04. The van der Waals surface area contributed by atoms with Crippen LogP contribution in [0.1, 0.15) is 37.8 Å². The minimum absolute atomic E-state index is 0.103. The maximum Gasteiger partial charge on any atom is 0.232 e. The maximum absolute atomic E-state index is 12.3. The Morgan fingerprint density at radius 2 is 1.90 bits per heavy atom. The molecule has 0 radical (unpaired) electrons. The summed E-state index contributed by atoms with van der Waals surface area (Å²) < 4.78 is 25.7. The lowest BCUT2D eigenvalue weighted by atomic mass is 10.1. The Morgan fingerprint density at radius 1 is 1.24 bits per heavy atom. The third-order valence-electron chi connectivity index (χ3n) is 3.24. The van der Waals surface area contributed by atoms with E-state index in [1.165, 1.54) is 0 Å². The second kappa shape index (κ2) is 8.14. The van der Waals surface area contributed by atoms with Crippen molar-refractivity contribution >= 4 is 15.9 Å². The number of sulfonamides is 1. The highest BCUT2D eigenvalue weighted by Gasteiger charge is 2.22. The quantitative estimate of drug-likeness (QED) is 0.753. The van der Waals surface area contributed by atoms with E-state index in [9.17, 15) is 13.2 Å². The summed E-state index contributed by atoms with van der Waals surface area (Å²) in [5, 5.41) is 0. The van der Waals surface area contributed by atoms with Gasteiger partial charge in [0.25, 0.3) is 0 Å². The Hall–Kier alpha value is -1.40. The van der Waals surface area contributed by atoms with Gasteiger partial charge in [-0.25, -0.2) is 8.42 Å². The fourth-order valence-corrected chi connectivity index (χ4v) is 3.64. The van der Waals surface area contributed by atoms with Crippen molar-refractivity contribution in [1.29, 1.82) is 0 Å². The summed E-state index contributed by atoms with van der Waals surface area (Å²) in [6.07, 6.45) is 3.13. The van der Waals surface area contributed by atoms with Crippen LogP contribution in [0, 0.1) is 0 Å². The zero-order chi connectivity index (χ0) is 15.9. The summed E-state index contributed by atoms with van der Waals surface area (Å²) in [4.78, 5) is 11.0. The van der Waals surface area contributed by atoms with E-state index < -0.39 is 15.9 Å². The highest BCUT2D eigenvalue weighted by molar-refractivity contribution is 7.88. The van der Waals surface area contributed by atoms with Gasteiger partial charge in [0.05, 0.1) is 12.3 Å². The van der Waals surface area contributed by atoms with Crippen LogP contribution in [0.15, 0.2) is 24.3 Å². The lowest BCUT2D eigenvalue weighted by Crippen LogP contribution is -2.38. The molecule has 1 aromatic carbocycles. The van der Waals surface area contributed by atoms with Crippen molar-refractivity contribution in [3.05, 3.63) is 35.4 Å². The van der Waals surface area contributed by atoms with E-state index in [0.717, 1.165) is 34.7 Å². The predicted octanol–water partition coefficient (Wildman–Crippen LogP) is 1.67. The molecule has 0 unspecified atom stereocenters. The first kappa shape index (κ1) is 17.7. The molecule has 0 saturated heterocycles. The van der Waals surface area contributed by atoms with E-state index in [4.69, 9.17) is 5.73 Å². The van der Waals surface area contributed by atoms with Crippen LogP contribution in [-0.4, -0.2) is 31.7 Å². The first-order valence-corrected chi connectivity index (χ1v) is 8.84. The third kappa shape index (κ3) is 5.85. The van der Waals surface area contributed by atoms with Gasteiger partial charge >= 0.3 is 0 Å². The van der Waals surface area contributed by atoms with Crippen LogP contribution >= 0.6 is 0 Å². The normalized spacial score (nSPS) is 11.8. The molecule has 0 aliphatic rings. The van der Waals surface area contributed by atoms with Gasteiger partial charge in [-0.1, -0.05) is 44.5 Å². The van der Waals surface area contributed by atoms with Crippen LogP contribution in [-0.2, 0) is 27.0 Å². The van der Waals surface area contributed by atoms with Crippen LogP contribution in [0.2, 0.25) is 0 Å². The Kier molecular flexibility index (Phi) is 6.84. The second-order valence-electron chi connectivity index (χ2n) is 5.07. The molecule has 0 spiro atoms. The number of carbonyl (C=O) groups is 1. The molecule has 2 N–H and O–H groups in total. The maximum atomic E-state index is 12.3. The molecule has 0 saturated carbocycles. The van der Waals surface area contributed by atoms with Gasteiger partial charge in [-0.05, 0) is 24.0 Å². The van der Waals surface area contributed by atoms with E-state index >= 15 is 0 Å². The minimum Gasteiger partial charge on any atom is -0.369 e. The van der Waals surface area contributed by atoms with E-state index in [0.29, 0.717) is 0 Å². The largest absolute Gasteiger partial charge is 0.369 e. The fourth-order valence-electron chi connectivity index (χ4n) is 2.14. The standard InChI is InChI=1S/C15H24N2O3S/c1-3-5-7-13-8-6-9-14(10-13)12-21(19,20)17(4-2)11-15(16)18/h6,8-10H,3-5,7,11-12H2,1-2H3,(H2,16,18). The number of nitrogens with zero attached hydrogens (tertiary/aromatic N) is 1. The summed E-state index contributed by atoms with van der Waals surface area (Å²) in [6.45, 7) is 3.78. The van der Waals surface area contributed by atoms with Crippen molar-refractivity contribution in [2.75, 3.05) is 13.1 Å². The Bertz CT molecular complexity index is 570. The zero-order valence-corrected chi connectivity index (χ0v) is 13.5. The molecule has 21 heavy (non-hydrogen) atoms. The van der Waals surface area contributed by atoms with Crippen molar-refractivity contribution in [1.82, 2.24) is 4.31 Å². The molecule has 0 aliphatic heterocycles. The lowest BCUT2D eigenvalue weighted by molar-refractivity contribution is -0.118. The van der Waals surface area contributed by atoms with Crippen molar-refractivity contribution in [2.24, 2.45) is 5.73 Å². The average molecular weight is 312 g/mol. The van der Waals surface area contributed by atoms with Gasteiger partial charge in [0, 0.05) is 6.54 Å². The molecule has 1 rings (SSSR count).